The molecule has 1 heterocycles. The highest BCUT2D eigenvalue weighted by atomic mass is 32.2. The minimum Gasteiger partial charge on any atom is -0.347 e. The normalized spacial score (nSPS) is 14.4. The predicted octanol–water partition coefficient (Wildman–Crippen LogP) is 2.03. The summed E-state index contributed by atoms with van der Waals surface area (Å²) in [5, 5.41) is 5.48. The number of carbonyl (C=O) groups excluding carboxylic acids is 1. The third kappa shape index (κ3) is 4.65. The summed E-state index contributed by atoms with van der Waals surface area (Å²) in [5.41, 5.74) is 6.18. The number of nitrogens with two attached hydrogens (primary N) is 1. The molecule has 0 aliphatic heterocycles. The minimum absolute atomic E-state index is 0.114. The largest absolute Gasteiger partial charge is 0.347 e. The van der Waals surface area contributed by atoms with Gasteiger partial charge in [-0.05, 0) is 19.6 Å². The van der Waals surface area contributed by atoms with Crippen LogP contribution in [0.1, 0.15) is 42.3 Å². The molecule has 4 nitrogen and oxygen atoms in total. The zero-order valence-electron chi connectivity index (χ0n) is 10.4. The lowest BCUT2D eigenvalue weighted by Gasteiger charge is -2.11. The molecule has 1 amide bonds. The molecule has 1 rings (SSSR count). The summed E-state index contributed by atoms with van der Waals surface area (Å²) in [7, 11) is 0. The number of thioether (sulfide) groups is 1. The summed E-state index contributed by atoms with van der Waals surface area (Å²) in [6, 6.07) is 0.0440. The van der Waals surface area contributed by atoms with E-state index in [0.717, 1.165) is 16.5 Å². The maximum atomic E-state index is 11.8. The fraction of sp³-hybridized carbons (Fsp3) is 0.636. The first-order chi connectivity index (χ1) is 8.04. The molecule has 0 aliphatic carbocycles. The molecule has 0 bridgehead atoms. The van der Waals surface area contributed by atoms with Crippen molar-refractivity contribution < 1.29 is 4.79 Å². The molecule has 0 spiro atoms. The Balaban J connectivity index is 2.51. The molecule has 0 saturated carbocycles. The Bertz CT molecular complexity index is 365. The van der Waals surface area contributed by atoms with Crippen LogP contribution in [-0.2, 0) is 0 Å². The summed E-state index contributed by atoms with van der Waals surface area (Å²) in [6.45, 7) is 5.97. The molecular weight excluding hydrogens is 254 g/mol. The molecule has 1 aromatic heterocycles. The maximum absolute atomic E-state index is 11.8. The molecule has 0 saturated heterocycles. The van der Waals surface area contributed by atoms with E-state index in [9.17, 15) is 4.79 Å². The molecule has 0 radical (unpaired) electrons. The topological polar surface area (TPSA) is 68.0 Å². The van der Waals surface area contributed by atoms with Crippen LogP contribution in [0.3, 0.4) is 0 Å². The first-order valence-electron chi connectivity index (χ1n) is 5.64. The van der Waals surface area contributed by atoms with Crippen LogP contribution in [0.5, 0.6) is 0 Å². The van der Waals surface area contributed by atoms with E-state index in [0.29, 0.717) is 5.69 Å². The molecule has 96 valence electrons. The number of hydrogen-bond acceptors (Lipinski definition) is 5. The van der Waals surface area contributed by atoms with E-state index in [1.807, 2.05) is 25.6 Å². The van der Waals surface area contributed by atoms with Crippen molar-refractivity contribution in [2.75, 3.05) is 11.5 Å². The lowest BCUT2D eigenvalue weighted by Crippen LogP contribution is -2.34. The van der Waals surface area contributed by atoms with Crippen molar-refractivity contribution >= 4 is 29.0 Å². The highest BCUT2D eigenvalue weighted by Gasteiger charge is 2.14. The molecule has 0 aromatic carbocycles. The van der Waals surface area contributed by atoms with Gasteiger partial charge < -0.3 is 11.1 Å². The lowest BCUT2D eigenvalue weighted by molar-refractivity contribution is 0.0939. The van der Waals surface area contributed by atoms with Gasteiger partial charge in [0.1, 0.15) is 10.7 Å². The van der Waals surface area contributed by atoms with Gasteiger partial charge >= 0.3 is 0 Å². The second-order valence-electron chi connectivity index (χ2n) is 3.89. The zero-order chi connectivity index (χ0) is 12.8. The van der Waals surface area contributed by atoms with Crippen LogP contribution in [0, 0.1) is 0 Å². The molecule has 3 N–H and O–H groups in total. The lowest BCUT2D eigenvalue weighted by atomic mass is 10.3. The van der Waals surface area contributed by atoms with E-state index in [1.165, 1.54) is 11.3 Å². The molecular formula is C11H19N3OS2. The maximum Gasteiger partial charge on any atom is 0.270 e. The number of thiazole rings is 1. The van der Waals surface area contributed by atoms with Crippen molar-refractivity contribution in [3.8, 4) is 0 Å². The van der Waals surface area contributed by atoms with Gasteiger partial charge in [-0.3, -0.25) is 4.79 Å². The van der Waals surface area contributed by atoms with E-state index < -0.39 is 0 Å². The van der Waals surface area contributed by atoms with Crippen molar-refractivity contribution in [3.05, 3.63) is 16.1 Å². The average Bonchev–Trinajstić information content (AvgIpc) is 2.75. The first kappa shape index (κ1) is 14.5. The Hall–Kier alpha value is -0.590. The Morgan fingerprint density at radius 1 is 1.65 bits per heavy atom. The number of amides is 1. The monoisotopic (exact) mass is 273 g/mol. The van der Waals surface area contributed by atoms with Crippen LogP contribution >= 0.6 is 23.1 Å². The molecule has 0 aliphatic rings. The Morgan fingerprint density at radius 2 is 2.35 bits per heavy atom. The van der Waals surface area contributed by atoms with Gasteiger partial charge in [-0.15, -0.1) is 11.3 Å². The highest BCUT2D eigenvalue weighted by Crippen LogP contribution is 2.15. The molecule has 6 heteroatoms. The summed E-state index contributed by atoms with van der Waals surface area (Å²) in [6.07, 6.45) is 0. The van der Waals surface area contributed by atoms with E-state index >= 15 is 0 Å². The summed E-state index contributed by atoms with van der Waals surface area (Å²) < 4.78 is 0. The smallest absolute Gasteiger partial charge is 0.270 e. The van der Waals surface area contributed by atoms with Crippen LogP contribution in [0.2, 0.25) is 0 Å². The summed E-state index contributed by atoms with van der Waals surface area (Å²) >= 11 is 3.24. The van der Waals surface area contributed by atoms with E-state index in [4.69, 9.17) is 5.73 Å². The van der Waals surface area contributed by atoms with Gasteiger partial charge in [0.15, 0.2) is 0 Å². The van der Waals surface area contributed by atoms with Gasteiger partial charge in [-0.2, -0.15) is 11.8 Å². The number of carbonyl (C=O) groups is 1. The predicted molar refractivity (Wildman–Crippen MR) is 74.6 cm³/mol. The standard InChI is InChI=1S/C11H19N3OS2/c1-4-16-5-7(2)13-10(15)9-6-17-11(14-9)8(3)12/h6-8H,4-5,12H2,1-3H3,(H,13,15). The molecule has 2 atom stereocenters. The van der Waals surface area contributed by atoms with Gasteiger partial charge in [-0.25, -0.2) is 4.98 Å². The molecule has 1 aromatic rings. The molecule has 17 heavy (non-hydrogen) atoms. The van der Waals surface area contributed by atoms with Crippen LogP contribution < -0.4 is 11.1 Å². The van der Waals surface area contributed by atoms with Crippen LogP contribution in [0.15, 0.2) is 5.38 Å². The van der Waals surface area contributed by atoms with Crippen molar-refractivity contribution in [2.45, 2.75) is 32.9 Å². The fourth-order valence-electron chi connectivity index (χ4n) is 1.24. The van der Waals surface area contributed by atoms with Crippen molar-refractivity contribution in [2.24, 2.45) is 5.73 Å². The second-order valence-corrected chi connectivity index (χ2v) is 6.10. The van der Waals surface area contributed by atoms with Crippen LogP contribution in [-0.4, -0.2) is 28.4 Å². The Labute approximate surface area is 110 Å². The first-order valence-corrected chi connectivity index (χ1v) is 7.67. The Morgan fingerprint density at radius 3 is 2.88 bits per heavy atom. The molecule has 0 fully saturated rings. The fourth-order valence-corrected chi connectivity index (χ4v) is 2.67. The van der Waals surface area contributed by atoms with Gasteiger partial charge in [0.25, 0.3) is 5.91 Å². The Kier molecular flexibility index (Phi) is 5.94. The van der Waals surface area contributed by atoms with Crippen molar-refractivity contribution in [1.82, 2.24) is 10.3 Å². The van der Waals surface area contributed by atoms with Crippen molar-refractivity contribution in [1.29, 1.82) is 0 Å². The zero-order valence-corrected chi connectivity index (χ0v) is 12.0. The third-order valence-corrected chi connectivity index (χ3v) is 4.28. The number of rotatable bonds is 6. The quantitative estimate of drug-likeness (QED) is 0.832. The van der Waals surface area contributed by atoms with E-state index in [-0.39, 0.29) is 18.0 Å². The van der Waals surface area contributed by atoms with Crippen molar-refractivity contribution in [3.63, 3.8) is 0 Å². The van der Waals surface area contributed by atoms with E-state index in [2.05, 4.69) is 17.2 Å². The summed E-state index contributed by atoms with van der Waals surface area (Å²) in [4.78, 5) is 16.1. The van der Waals surface area contributed by atoms with Gasteiger partial charge in [0.05, 0.1) is 6.04 Å². The second kappa shape index (κ2) is 6.98. The number of hydrogen-bond donors (Lipinski definition) is 2. The minimum atomic E-state index is -0.116. The highest BCUT2D eigenvalue weighted by molar-refractivity contribution is 7.99. The third-order valence-electron chi connectivity index (χ3n) is 2.09. The van der Waals surface area contributed by atoms with Gasteiger partial charge in [-0.1, -0.05) is 6.92 Å². The van der Waals surface area contributed by atoms with Crippen LogP contribution in [0.4, 0.5) is 0 Å². The van der Waals surface area contributed by atoms with E-state index in [1.54, 1.807) is 5.38 Å². The SMILES string of the molecule is CCSCC(C)NC(=O)c1csc(C(C)N)n1. The van der Waals surface area contributed by atoms with Gasteiger partial charge in [0, 0.05) is 17.2 Å². The number of nitrogens with zero attached hydrogens (tertiary/aromatic N) is 1. The average molecular weight is 273 g/mol. The number of aromatic nitrogens is 1. The summed E-state index contributed by atoms with van der Waals surface area (Å²) in [5.74, 6) is 1.87. The van der Waals surface area contributed by atoms with Crippen LogP contribution in [0.25, 0.3) is 0 Å². The molecule has 2 unspecified atom stereocenters. The number of nitrogens with one attached hydrogen (secondary N) is 1. The van der Waals surface area contributed by atoms with Gasteiger partial charge in [0.2, 0.25) is 0 Å².